The van der Waals surface area contributed by atoms with Gasteiger partial charge in [0, 0.05) is 0 Å². The van der Waals surface area contributed by atoms with Crippen LogP contribution in [0.2, 0.25) is 0 Å². The van der Waals surface area contributed by atoms with Crippen molar-refractivity contribution in [3.05, 3.63) is 12.3 Å². The fourth-order valence-corrected chi connectivity index (χ4v) is 1.88. The highest BCUT2D eigenvalue weighted by Gasteiger charge is 2.32. The van der Waals surface area contributed by atoms with Crippen molar-refractivity contribution >= 4 is 15.6 Å². The number of rotatable bonds is 5. The smallest absolute Gasteiger partial charge is 0.412 e. The Morgan fingerprint density at radius 2 is 1.79 bits per heavy atom. The Hall–Kier alpha value is -0.160. The Kier molecular flexibility index (Phi) is 5.01. The highest BCUT2D eigenvalue weighted by molar-refractivity contribution is 7.60. The van der Waals surface area contributed by atoms with E-state index in [1.807, 2.05) is 0 Å². The van der Waals surface area contributed by atoms with Crippen LogP contribution in [-0.4, -0.2) is 14.7 Å². The third-order valence-electron chi connectivity index (χ3n) is 0.867. The molecule has 0 aromatic carbocycles. The molecule has 0 heterocycles. The minimum Gasteiger partial charge on any atom is -0.412 e. The Bertz CT molecular complexity index is 290. The molecule has 0 aliphatic carbocycles. The monoisotopic (exact) mass is 248 g/mol. The third-order valence-corrected chi connectivity index (χ3v) is 2.93. The predicted octanol–water partition coefficient (Wildman–Crippen LogP) is 1.38. The molecule has 0 rings (SSSR count). The van der Waals surface area contributed by atoms with Gasteiger partial charge in [-0.05, 0) is 12.0 Å². The maximum atomic E-state index is 10.8. The van der Waals surface area contributed by atoms with Gasteiger partial charge in [0.1, 0.15) is 0 Å². The molecule has 7 nitrogen and oxygen atoms in total. The van der Waals surface area contributed by atoms with Gasteiger partial charge in [0.05, 0.1) is 6.26 Å². The topological polar surface area (TPSA) is 113 Å². The average Bonchev–Trinajstić information content (AvgIpc) is 1.78. The van der Waals surface area contributed by atoms with Crippen molar-refractivity contribution in [3.8, 4) is 0 Å². The standard InChI is InChI=1S/C5H12O7P2/c1-5(2)3-4-11-14(9,10)12-13(6,7)8/h3-5H,1-2H3,(H,9,10)(H2,6,7,8)/i3+2. The lowest BCUT2D eigenvalue weighted by Gasteiger charge is -2.10. The molecular formula is C5H12O7P2. The van der Waals surface area contributed by atoms with E-state index in [2.05, 4.69) is 8.83 Å². The SMILES string of the molecule is CC(C)[14CH]=COP(=O)(O)OP(=O)(O)O. The Balaban J connectivity index is 4.23. The Morgan fingerprint density at radius 1 is 1.29 bits per heavy atom. The second-order valence-electron chi connectivity index (χ2n) is 2.72. The van der Waals surface area contributed by atoms with Crippen LogP contribution in [0.15, 0.2) is 12.3 Å². The van der Waals surface area contributed by atoms with Gasteiger partial charge in [0.25, 0.3) is 0 Å². The molecule has 9 heteroatoms. The van der Waals surface area contributed by atoms with Gasteiger partial charge in [-0.2, -0.15) is 4.31 Å². The zero-order valence-corrected chi connectivity index (χ0v) is 9.39. The molecule has 0 spiro atoms. The summed E-state index contributed by atoms with van der Waals surface area (Å²) in [5.74, 6) is 0.0741. The van der Waals surface area contributed by atoms with E-state index in [1.54, 1.807) is 13.8 Å². The van der Waals surface area contributed by atoms with Gasteiger partial charge >= 0.3 is 15.6 Å². The molecule has 1 unspecified atom stereocenters. The first-order chi connectivity index (χ1) is 6.12. The number of allylic oxidation sites excluding steroid dienone is 1. The van der Waals surface area contributed by atoms with E-state index >= 15 is 0 Å². The van der Waals surface area contributed by atoms with E-state index in [-0.39, 0.29) is 5.92 Å². The molecule has 3 N–H and O–H groups in total. The van der Waals surface area contributed by atoms with Crippen molar-refractivity contribution in [3.63, 3.8) is 0 Å². The van der Waals surface area contributed by atoms with Crippen LogP contribution in [0.1, 0.15) is 13.8 Å². The predicted molar refractivity (Wildman–Crippen MR) is 48.0 cm³/mol. The molecule has 84 valence electrons. The zero-order valence-electron chi connectivity index (χ0n) is 7.60. The summed E-state index contributed by atoms with van der Waals surface area (Å²) in [4.78, 5) is 25.2. The number of hydrogen-bond donors (Lipinski definition) is 3. The molecular weight excluding hydrogens is 236 g/mol. The molecule has 0 fully saturated rings. The van der Waals surface area contributed by atoms with E-state index in [9.17, 15) is 9.13 Å². The van der Waals surface area contributed by atoms with Crippen LogP contribution in [0.25, 0.3) is 0 Å². The highest BCUT2D eigenvalue weighted by Crippen LogP contribution is 2.57. The summed E-state index contributed by atoms with van der Waals surface area (Å²) in [7, 11) is -9.74. The Labute approximate surface area is 81.2 Å². The lowest BCUT2D eigenvalue weighted by molar-refractivity contribution is 0.216. The van der Waals surface area contributed by atoms with Gasteiger partial charge in [-0.3, -0.25) is 4.89 Å². The molecule has 1 atom stereocenters. The van der Waals surface area contributed by atoms with Crippen molar-refractivity contribution in [2.45, 2.75) is 13.8 Å². The van der Waals surface area contributed by atoms with E-state index in [0.29, 0.717) is 0 Å². The molecule has 0 aliphatic heterocycles. The van der Waals surface area contributed by atoms with Crippen LogP contribution in [0.4, 0.5) is 0 Å². The normalized spacial score (nSPS) is 17.3. The summed E-state index contributed by atoms with van der Waals surface area (Å²) in [5.41, 5.74) is 0. The van der Waals surface area contributed by atoms with E-state index in [0.717, 1.165) is 6.26 Å². The minimum atomic E-state index is -5.02. The van der Waals surface area contributed by atoms with E-state index in [4.69, 9.17) is 14.7 Å². The average molecular weight is 248 g/mol. The zero-order chi connectivity index (χ0) is 11.4. The van der Waals surface area contributed by atoms with E-state index < -0.39 is 15.6 Å². The quantitative estimate of drug-likeness (QED) is 0.497. The van der Waals surface area contributed by atoms with Gasteiger partial charge in [0.15, 0.2) is 0 Å². The number of phosphoric ester groups is 1. The summed E-state index contributed by atoms with van der Waals surface area (Å²) in [5, 5.41) is 0. The van der Waals surface area contributed by atoms with Crippen molar-refractivity contribution in [1.29, 1.82) is 0 Å². The van der Waals surface area contributed by atoms with Crippen LogP contribution in [0.3, 0.4) is 0 Å². The second-order valence-corrected chi connectivity index (χ2v) is 5.50. The Morgan fingerprint density at radius 3 is 2.14 bits per heavy atom. The fraction of sp³-hybridized carbons (Fsp3) is 0.600. The van der Waals surface area contributed by atoms with Crippen LogP contribution in [0.5, 0.6) is 0 Å². The molecule has 0 saturated heterocycles. The molecule has 0 radical (unpaired) electrons. The van der Waals surface area contributed by atoms with Crippen molar-refractivity contribution < 1.29 is 32.6 Å². The minimum absolute atomic E-state index is 0.0741. The lowest BCUT2D eigenvalue weighted by atomic mass is 10.4. The highest BCUT2D eigenvalue weighted by atomic mass is 31.3. The van der Waals surface area contributed by atoms with Crippen molar-refractivity contribution in [2.24, 2.45) is 5.92 Å². The molecule has 0 aliphatic rings. The molecule has 0 bridgehead atoms. The first kappa shape index (κ1) is 13.8. The summed E-state index contributed by atoms with van der Waals surface area (Å²) in [6.07, 6.45) is 2.28. The van der Waals surface area contributed by atoms with Gasteiger partial charge < -0.3 is 14.3 Å². The number of phosphoric acid groups is 2. The molecule has 0 amide bonds. The molecule has 0 aromatic heterocycles. The summed E-state index contributed by atoms with van der Waals surface area (Å²) in [6, 6.07) is 0. The maximum Gasteiger partial charge on any atom is 0.535 e. The lowest BCUT2D eigenvalue weighted by Crippen LogP contribution is -1.89. The van der Waals surface area contributed by atoms with Crippen LogP contribution in [-0.2, 0) is 18.0 Å². The van der Waals surface area contributed by atoms with Crippen molar-refractivity contribution in [2.75, 3.05) is 0 Å². The third kappa shape index (κ3) is 8.44. The first-order valence-electron chi connectivity index (χ1n) is 3.57. The fourth-order valence-electron chi connectivity index (χ4n) is 0.423. The van der Waals surface area contributed by atoms with Gasteiger partial charge in [-0.1, -0.05) is 13.8 Å². The maximum absolute atomic E-state index is 10.8. The number of hydrogen-bond acceptors (Lipinski definition) is 4. The van der Waals surface area contributed by atoms with E-state index in [1.165, 1.54) is 6.08 Å². The molecule has 0 aromatic rings. The van der Waals surface area contributed by atoms with Crippen molar-refractivity contribution in [1.82, 2.24) is 0 Å². The second kappa shape index (κ2) is 5.07. The molecule has 14 heavy (non-hydrogen) atoms. The van der Waals surface area contributed by atoms with Crippen LogP contribution in [0, 0.1) is 5.92 Å². The van der Waals surface area contributed by atoms with Gasteiger partial charge in [0.2, 0.25) is 0 Å². The van der Waals surface area contributed by atoms with Gasteiger partial charge in [-0.25, -0.2) is 9.13 Å². The summed E-state index contributed by atoms with van der Waals surface area (Å²) in [6.45, 7) is 3.57. The molecule has 0 saturated carbocycles. The largest absolute Gasteiger partial charge is 0.535 e. The van der Waals surface area contributed by atoms with Gasteiger partial charge in [-0.15, -0.1) is 0 Å². The first-order valence-corrected chi connectivity index (χ1v) is 6.60. The summed E-state index contributed by atoms with van der Waals surface area (Å²) < 4.78 is 28.6. The van der Waals surface area contributed by atoms with Crippen LogP contribution >= 0.6 is 15.6 Å². The summed E-state index contributed by atoms with van der Waals surface area (Å²) >= 11 is 0. The van der Waals surface area contributed by atoms with Crippen LogP contribution < -0.4 is 0 Å².